The van der Waals surface area contributed by atoms with Crippen LogP contribution in [-0.4, -0.2) is 73.5 Å². The zero-order valence-electron chi connectivity index (χ0n) is 29.1. The highest BCUT2D eigenvalue weighted by Gasteiger charge is 2.31. The Hall–Kier alpha value is -5.15. The van der Waals surface area contributed by atoms with Gasteiger partial charge >= 0.3 is 0 Å². The molecular weight excluding hydrogens is 673 g/mol. The molecular formula is C36H44N8O6S. The first-order valence-corrected chi connectivity index (χ1v) is 17.8. The Morgan fingerprint density at radius 1 is 0.980 bits per heavy atom. The fourth-order valence-electron chi connectivity index (χ4n) is 5.60. The largest absolute Gasteiger partial charge is 0.493 e. The van der Waals surface area contributed by atoms with Crippen LogP contribution in [0.15, 0.2) is 60.1 Å². The number of carbonyl (C=O) groups excluding carboxylic acids is 4. The SMILES string of the molecule is Cc1ccc2c(c1)OCCCn1cc(nn1)CNC(=O)[C@@H](Cc1ccccc1)NC(=O)[C@H]([C@@H](C)O)NC(=O)c1csc(n1)[C@H](CC(C)C)NC2=O. The number of rotatable bonds is 5. The molecule has 0 fully saturated rings. The minimum Gasteiger partial charge on any atom is -0.493 e. The number of ether oxygens (including phenoxy) is 1. The molecule has 51 heavy (non-hydrogen) atoms. The lowest BCUT2D eigenvalue weighted by atomic mass is 10.0. The monoisotopic (exact) mass is 716 g/mol. The smallest absolute Gasteiger partial charge is 0.271 e. The molecule has 0 saturated carbocycles. The van der Waals surface area contributed by atoms with Crippen LogP contribution in [0.2, 0.25) is 0 Å². The topological polar surface area (TPSA) is 189 Å². The van der Waals surface area contributed by atoms with Gasteiger partial charge in [-0.3, -0.25) is 23.9 Å². The molecule has 2 aromatic heterocycles. The number of aliphatic hydroxyl groups excluding tert-OH is 1. The van der Waals surface area contributed by atoms with Crippen molar-refractivity contribution < 1.29 is 29.0 Å². The summed E-state index contributed by atoms with van der Waals surface area (Å²) in [6.07, 6.45) is 1.69. The maximum Gasteiger partial charge on any atom is 0.271 e. The van der Waals surface area contributed by atoms with Crippen LogP contribution in [0.25, 0.3) is 0 Å². The number of carbonyl (C=O) groups is 4. The molecule has 0 spiro atoms. The Morgan fingerprint density at radius 2 is 1.76 bits per heavy atom. The van der Waals surface area contributed by atoms with Crippen molar-refractivity contribution in [2.45, 2.75) is 84.3 Å². The van der Waals surface area contributed by atoms with E-state index in [1.54, 1.807) is 22.3 Å². The van der Waals surface area contributed by atoms with Gasteiger partial charge in [0, 0.05) is 24.8 Å². The second-order valence-corrected chi connectivity index (χ2v) is 14.0. The summed E-state index contributed by atoms with van der Waals surface area (Å²) in [6, 6.07) is 11.6. The summed E-state index contributed by atoms with van der Waals surface area (Å²) < 4.78 is 7.74. The zero-order chi connectivity index (χ0) is 36.5. The minimum atomic E-state index is -1.40. The van der Waals surface area contributed by atoms with E-state index in [0.717, 1.165) is 11.1 Å². The van der Waals surface area contributed by atoms with Gasteiger partial charge in [0.25, 0.3) is 11.8 Å². The van der Waals surface area contributed by atoms with E-state index in [2.05, 4.69) is 36.6 Å². The van der Waals surface area contributed by atoms with Crippen molar-refractivity contribution in [3.05, 3.63) is 93.2 Å². The summed E-state index contributed by atoms with van der Waals surface area (Å²) in [5.41, 5.74) is 2.63. The maximum absolute atomic E-state index is 13.7. The molecule has 0 unspecified atom stereocenters. The van der Waals surface area contributed by atoms with Gasteiger partial charge in [0.2, 0.25) is 11.8 Å². The van der Waals surface area contributed by atoms with Crippen molar-refractivity contribution in [1.82, 2.24) is 41.2 Å². The number of thiazole rings is 1. The van der Waals surface area contributed by atoms with Crippen LogP contribution in [0.5, 0.6) is 5.75 Å². The van der Waals surface area contributed by atoms with Gasteiger partial charge in [-0.1, -0.05) is 55.5 Å². The van der Waals surface area contributed by atoms with Crippen molar-refractivity contribution in [3.63, 3.8) is 0 Å². The Morgan fingerprint density at radius 3 is 2.51 bits per heavy atom. The number of fused-ring (bicyclic) bond motifs is 5. The highest BCUT2D eigenvalue weighted by molar-refractivity contribution is 7.09. The fourth-order valence-corrected chi connectivity index (χ4v) is 6.46. The molecule has 1 aliphatic heterocycles. The van der Waals surface area contributed by atoms with Crippen LogP contribution >= 0.6 is 11.3 Å². The van der Waals surface area contributed by atoms with E-state index in [9.17, 15) is 24.3 Å². The summed E-state index contributed by atoms with van der Waals surface area (Å²) >= 11 is 1.21. The molecule has 4 atom stereocenters. The molecule has 270 valence electrons. The number of hydrogen-bond acceptors (Lipinski definition) is 10. The molecule has 4 aromatic rings. The van der Waals surface area contributed by atoms with Gasteiger partial charge < -0.3 is 31.1 Å². The molecule has 0 aliphatic carbocycles. The van der Waals surface area contributed by atoms with Gasteiger partial charge in [-0.05, 0) is 49.4 Å². The number of nitrogens with zero attached hydrogens (tertiary/aromatic N) is 4. The second kappa shape index (κ2) is 17.2. The Labute approximate surface area is 300 Å². The van der Waals surface area contributed by atoms with Crippen LogP contribution in [0.1, 0.15) is 82.3 Å². The number of aryl methyl sites for hydroxylation is 2. The van der Waals surface area contributed by atoms with Crippen LogP contribution in [-0.2, 0) is 29.1 Å². The standard InChI is InChI=1S/C36H44N8O6S/c1-21(2)15-28-36-40-29(20-51-36)34(48)41-31(23(4)45)35(49)38-27(17-24-9-6-5-7-10-24)33(47)37-18-25-19-44(43-42-25)13-8-14-50-30-16-22(3)11-12-26(30)32(46)39-28/h5-7,9-12,16,19-21,23,27-28,31,45H,8,13-15,17-18H2,1-4H3,(H,37,47)(H,38,49)(H,39,46)(H,41,48)/t23-,27-,28+,31+/m1/s1. The summed E-state index contributed by atoms with van der Waals surface area (Å²) in [4.78, 5) is 58.7. The third-order valence-corrected chi connectivity index (χ3v) is 9.19. The zero-order valence-corrected chi connectivity index (χ0v) is 29.9. The Kier molecular flexibility index (Phi) is 12.5. The Bertz CT molecular complexity index is 1820. The van der Waals surface area contributed by atoms with Gasteiger partial charge in [-0.25, -0.2) is 4.98 Å². The van der Waals surface area contributed by atoms with E-state index < -0.39 is 42.0 Å². The van der Waals surface area contributed by atoms with Crippen LogP contribution in [0.4, 0.5) is 0 Å². The average Bonchev–Trinajstić information content (AvgIpc) is 3.77. The first-order chi connectivity index (χ1) is 24.5. The molecule has 4 amide bonds. The van der Waals surface area contributed by atoms with Crippen molar-refractivity contribution in [2.24, 2.45) is 5.92 Å². The van der Waals surface area contributed by atoms with Gasteiger partial charge in [-0.15, -0.1) is 16.4 Å². The van der Waals surface area contributed by atoms with Gasteiger partial charge in [0.05, 0.1) is 37.1 Å². The third-order valence-electron chi connectivity index (χ3n) is 8.23. The number of aliphatic hydroxyl groups is 1. The van der Waals surface area contributed by atoms with E-state index in [-0.39, 0.29) is 30.5 Å². The molecule has 0 saturated heterocycles. The number of amides is 4. The summed E-state index contributed by atoms with van der Waals surface area (Å²) in [6.45, 7) is 8.19. The van der Waals surface area contributed by atoms with Crippen molar-refractivity contribution in [1.29, 1.82) is 0 Å². The third kappa shape index (κ3) is 10.2. The number of nitrogens with one attached hydrogen (secondary N) is 4. The maximum atomic E-state index is 13.7. The van der Waals surface area contributed by atoms with E-state index in [4.69, 9.17) is 4.74 Å². The lowest BCUT2D eigenvalue weighted by Gasteiger charge is -2.24. The van der Waals surface area contributed by atoms with E-state index in [0.29, 0.717) is 48.0 Å². The van der Waals surface area contributed by atoms with E-state index in [1.165, 1.54) is 18.3 Å². The van der Waals surface area contributed by atoms with Crippen molar-refractivity contribution in [3.8, 4) is 5.75 Å². The fraction of sp³-hybridized carbons (Fsp3) is 0.417. The van der Waals surface area contributed by atoms with Gasteiger partial charge in [-0.2, -0.15) is 0 Å². The second-order valence-electron chi connectivity index (χ2n) is 13.1. The first kappa shape index (κ1) is 37.1. The van der Waals surface area contributed by atoms with E-state index >= 15 is 0 Å². The lowest BCUT2D eigenvalue weighted by molar-refractivity contribution is -0.131. The number of hydrogen-bond donors (Lipinski definition) is 5. The summed E-state index contributed by atoms with van der Waals surface area (Å²) in [7, 11) is 0. The predicted octanol–water partition coefficient (Wildman–Crippen LogP) is 2.87. The van der Waals surface area contributed by atoms with Crippen molar-refractivity contribution in [2.75, 3.05) is 6.61 Å². The van der Waals surface area contributed by atoms with Gasteiger partial charge in [0.15, 0.2) is 0 Å². The van der Waals surface area contributed by atoms with Crippen LogP contribution in [0.3, 0.4) is 0 Å². The summed E-state index contributed by atoms with van der Waals surface area (Å²) in [5, 5.41) is 32.2. The van der Waals surface area contributed by atoms with E-state index in [1.807, 2.05) is 63.2 Å². The highest BCUT2D eigenvalue weighted by atomic mass is 32.1. The quantitative estimate of drug-likeness (QED) is 0.207. The lowest BCUT2D eigenvalue weighted by Crippen LogP contribution is -2.57. The molecule has 5 rings (SSSR count). The minimum absolute atomic E-state index is 0.0249. The normalized spacial score (nSPS) is 20.2. The first-order valence-electron chi connectivity index (χ1n) is 17.0. The predicted molar refractivity (Wildman–Crippen MR) is 190 cm³/mol. The Balaban J connectivity index is 1.45. The van der Waals surface area contributed by atoms with Gasteiger partial charge in [0.1, 0.15) is 34.2 Å². The number of benzene rings is 2. The molecule has 5 N–H and O–H groups in total. The molecule has 15 heteroatoms. The molecule has 0 radical (unpaired) electrons. The van der Waals surface area contributed by atoms with Crippen LogP contribution < -0.4 is 26.0 Å². The van der Waals surface area contributed by atoms with Crippen molar-refractivity contribution >= 4 is 35.0 Å². The highest BCUT2D eigenvalue weighted by Crippen LogP contribution is 2.27. The molecule has 3 heterocycles. The number of aromatic nitrogens is 4. The molecule has 2 aromatic carbocycles. The van der Waals surface area contributed by atoms with Crippen LogP contribution in [0, 0.1) is 12.8 Å². The molecule has 4 bridgehead atoms. The molecule has 1 aliphatic rings. The summed E-state index contributed by atoms with van der Waals surface area (Å²) in [5.74, 6) is -1.63. The molecule has 14 nitrogen and oxygen atoms in total. The average molecular weight is 717 g/mol.